The van der Waals surface area contributed by atoms with Crippen LogP contribution in [0.3, 0.4) is 0 Å². The first kappa shape index (κ1) is 17.5. The summed E-state index contributed by atoms with van der Waals surface area (Å²) in [6.07, 6.45) is 6.36. The summed E-state index contributed by atoms with van der Waals surface area (Å²) in [6, 6.07) is 16.5. The van der Waals surface area contributed by atoms with Gasteiger partial charge in [-0.2, -0.15) is 0 Å². The molecule has 2 aromatic rings. The topological polar surface area (TPSA) is 45.3 Å². The number of rotatable bonds is 5. The van der Waals surface area contributed by atoms with E-state index in [1.165, 1.54) is 32.1 Å². The molecular weight excluding hydrogens is 330 g/mol. The molecule has 0 radical (unpaired) electrons. The van der Waals surface area contributed by atoms with Crippen molar-refractivity contribution in [1.29, 1.82) is 0 Å². The Hall–Kier alpha value is -2.27. The van der Waals surface area contributed by atoms with Crippen molar-refractivity contribution < 1.29 is 4.74 Å². The van der Waals surface area contributed by atoms with Crippen molar-refractivity contribution >= 4 is 34.4 Å². The minimum absolute atomic E-state index is 0.514. The maximum Gasteiger partial charge on any atom is 0.170 e. The molecule has 0 heterocycles. The van der Waals surface area contributed by atoms with E-state index in [-0.39, 0.29) is 0 Å². The van der Waals surface area contributed by atoms with Crippen molar-refractivity contribution in [3.63, 3.8) is 0 Å². The Balaban J connectivity index is 1.55. The van der Waals surface area contributed by atoms with Crippen LogP contribution in [0.2, 0.25) is 0 Å². The molecule has 3 N–H and O–H groups in total. The summed E-state index contributed by atoms with van der Waals surface area (Å²) in [5.41, 5.74) is 2.93. The van der Waals surface area contributed by atoms with Crippen LogP contribution in [0.5, 0.6) is 5.75 Å². The largest absolute Gasteiger partial charge is 0.495 e. The van der Waals surface area contributed by atoms with Crippen molar-refractivity contribution in [2.75, 3.05) is 17.7 Å². The van der Waals surface area contributed by atoms with Gasteiger partial charge in [-0.15, -0.1) is 0 Å². The van der Waals surface area contributed by atoms with Crippen LogP contribution in [-0.2, 0) is 0 Å². The molecule has 132 valence electrons. The molecule has 0 atom stereocenters. The molecule has 25 heavy (non-hydrogen) atoms. The van der Waals surface area contributed by atoms with Crippen LogP contribution in [0.4, 0.5) is 17.1 Å². The Morgan fingerprint density at radius 1 is 0.960 bits per heavy atom. The van der Waals surface area contributed by atoms with Crippen LogP contribution >= 0.6 is 12.2 Å². The van der Waals surface area contributed by atoms with Gasteiger partial charge in [0.1, 0.15) is 5.75 Å². The molecule has 3 rings (SSSR count). The van der Waals surface area contributed by atoms with Gasteiger partial charge in [0.2, 0.25) is 0 Å². The Morgan fingerprint density at radius 2 is 1.64 bits per heavy atom. The van der Waals surface area contributed by atoms with Crippen LogP contribution in [0.15, 0.2) is 48.5 Å². The fraction of sp³-hybridized carbons (Fsp3) is 0.350. The zero-order chi connectivity index (χ0) is 17.5. The predicted molar refractivity (Wildman–Crippen MR) is 109 cm³/mol. The second-order valence-corrected chi connectivity index (χ2v) is 6.74. The minimum Gasteiger partial charge on any atom is -0.495 e. The van der Waals surface area contributed by atoms with Gasteiger partial charge in [0.25, 0.3) is 0 Å². The number of anilines is 3. The average Bonchev–Trinajstić information content (AvgIpc) is 2.64. The summed E-state index contributed by atoms with van der Waals surface area (Å²) in [6.45, 7) is 0. The van der Waals surface area contributed by atoms with Crippen LogP contribution < -0.4 is 20.7 Å². The van der Waals surface area contributed by atoms with E-state index in [9.17, 15) is 0 Å². The van der Waals surface area contributed by atoms with E-state index in [2.05, 4.69) is 16.0 Å². The van der Waals surface area contributed by atoms with Crippen LogP contribution in [0.1, 0.15) is 32.1 Å². The third kappa shape index (κ3) is 5.10. The maximum absolute atomic E-state index is 5.43. The monoisotopic (exact) mass is 355 g/mol. The molecule has 0 saturated heterocycles. The van der Waals surface area contributed by atoms with Gasteiger partial charge in [-0.05, 0) is 61.5 Å². The quantitative estimate of drug-likeness (QED) is 0.655. The number of hydrogen-bond acceptors (Lipinski definition) is 3. The summed E-state index contributed by atoms with van der Waals surface area (Å²) >= 11 is 5.43. The lowest BCUT2D eigenvalue weighted by atomic mass is 9.96. The molecule has 0 amide bonds. The van der Waals surface area contributed by atoms with Crippen molar-refractivity contribution in [2.24, 2.45) is 0 Å². The second-order valence-electron chi connectivity index (χ2n) is 6.34. The standard InChI is InChI=1S/C20H25N3OS/c1-24-19-10-6-5-9-18(19)21-16-11-13-17(14-12-16)23-20(25)22-15-7-3-2-4-8-15/h5-6,9-15,21H,2-4,7-8H2,1H3,(H2,22,23,25). The first-order valence-corrected chi connectivity index (χ1v) is 9.23. The molecule has 2 aromatic carbocycles. The molecule has 0 aromatic heterocycles. The van der Waals surface area contributed by atoms with Gasteiger partial charge in [0.15, 0.2) is 5.11 Å². The molecule has 0 bridgehead atoms. The minimum atomic E-state index is 0.514. The summed E-state index contributed by atoms with van der Waals surface area (Å²) in [5, 5.41) is 10.8. The smallest absolute Gasteiger partial charge is 0.170 e. The van der Waals surface area contributed by atoms with Crippen LogP contribution in [-0.4, -0.2) is 18.3 Å². The Bertz CT molecular complexity index is 696. The van der Waals surface area contributed by atoms with Crippen LogP contribution in [0, 0.1) is 0 Å². The first-order valence-electron chi connectivity index (χ1n) is 8.82. The maximum atomic E-state index is 5.43. The van der Waals surface area contributed by atoms with Crippen molar-refractivity contribution in [3.05, 3.63) is 48.5 Å². The molecule has 5 heteroatoms. The molecule has 1 fully saturated rings. The van der Waals surface area contributed by atoms with E-state index >= 15 is 0 Å². The van der Waals surface area contributed by atoms with Gasteiger partial charge in [0, 0.05) is 17.4 Å². The molecule has 0 spiro atoms. The van der Waals surface area contributed by atoms with Crippen molar-refractivity contribution in [2.45, 2.75) is 38.1 Å². The Morgan fingerprint density at radius 3 is 2.36 bits per heavy atom. The van der Waals surface area contributed by atoms with Gasteiger partial charge >= 0.3 is 0 Å². The molecular formula is C20H25N3OS. The molecule has 1 aliphatic rings. The van der Waals surface area contributed by atoms with Gasteiger partial charge in [-0.25, -0.2) is 0 Å². The number of thiocarbonyl (C=S) groups is 1. The van der Waals surface area contributed by atoms with Gasteiger partial charge in [-0.1, -0.05) is 31.4 Å². The zero-order valence-electron chi connectivity index (χ0n) is 14.5. The lowest BCUT2D eigenvalue weighted by molar-refractivity contribution is 0.415. The number of nitrogens with one attached hydrogen (secondary N) is 3. The lowest BCUT2D eigenvalue weighted by Gasteiger charge is -2.24. The Labute approximate surface area is 155 Å². The number of ether oxygens (including phenoxy) is 1. The average molecular weight is 356 g/mol. The predicted octanol–water partition coefficient (Wildman–Crippen LogP) is 5.06. The molecule has 1 aliphatic carbocycles. The zero-order valence-corrected chi connectivity index (χ0v) is 15.4. The molecule has 0 aliphatic heterocycles. The summed E-state index contributed by atoms with van der Waals surface area (Å²) in [4.78, 5) is 0. The number of methoxy groups -OCH3 is 1. The Kier molecular flexibility index (Phi) is 6.12. The summed E-state index contributed by atoms with van der Waals surface area (Å²) in [5.74, 6) is 0.822. The number of hydrogen-bond donors (Lipinski definition) is 3. The number of benzene rings is 2. The van der Waals surface area contributed by atoms with E-state index in [0.29, 0.717) is 11.2 Å². The molecule has 0 unspecified atom stereocenters. The highest BCUT2D eigenvalue weighted by Gasteiger charge is 2.13. The van der Waals surface area contributed by atoms with Crippen molar-refractivity contribution in [1.82, 2.24) is 5.32 Å². The number of para-hydroxylation sites is 2. The lowest BCUT2D eigenvalue weighted by Crippen LogP contribution is -2.38. The molecule has 1 saturated carbocycles. The van der Waals surface area contributed by atoms with Crippen molar-refractivity contribution in [3.8, 4) is 5.75 Å². The highest BCUT2D eigenvalue weighted by Crippen LogP contribution is 2.27. The van der Waals surface area contributed by atoms with Gasteiger partial charge < -0.3 is 20.7 Å². The SMILES string of the molecule is COc1ccccc1Nc1ccc(NC(=S)NC2CCCCC2)cc1. The summed E-state index contributed by atoms with van der Waals surface area (Å²) in [7, 11) is 1.67. The highest BCUT2D eigenvalue weighted by atomic mass is 32.1. The first-order chi connectivity index (χ1) is 12.2. The normalized spacial score (nSPS) is 14.6. The van der Waals surface area contributed by atoms with Gasteiger partial charge in [0.05, 0.1) is 12.8 Å². The third-order valence-corrected chi connectivity index (χ3v) is 4.69. The second kappa shape index (κ2) is 8.72. The fourth-order valence-corrected chi connectivity index (χ4v) is 3.42. The van der Waals surface area contributed by atoms with E-state index in [1.54, 1.807) is 7.11 Å². The van der Waals surface area contributed by atoms with Crippen LogP contribution in [0.25, 0.3) is 0 Å². The van der Waals surface area contributed by atoms with Gasteiger partial charge in [-0.3, -0.25) is 0 Å². The summed E-state index contributed by atoms with van der Waals surface area (Å²) < 4.78 is 5.37. The fourth-order valence-electron chi connectivity index (χ4n) is 3.14. The van der Waals surface area contributed by atoms with E-state index < -0.39 is 0 Å². The van der Waals surface area contributed by atoms with E-state index in [0.717, 1.165) is 22.8 Å². The molecule has 4 nitrogen and oxygen atoms in total. The van der Waals surface area contributed by atoms with E-state index in [4.69, 9.17) is 17.0 Å². The van der Waals surface area contributed by atoms with E-state index in [1.807, 2.05) is 48.5 Å². The third-order valence-electron chi connectivity index (χ3n) is 4.47. The highest BCUT2D eigenvalue weighted by molar-refractivity contribution is 7.80.